The number of hydrogen-bond donors (Lipinski definition) is 2. The fraction of sp³-hybridized carbons (Fsp3) is 0.333. The van der Waals surface area contributed by atoms with E-state index in [1.54, 1.807) is 0 Å². The predicted octanol–water partition coefficient (Wildman–Crippen LogP) is 1.68. The maximum absolute atomic E-state index is 12.9. The number of nitrogens with two attached hydrogens (primary N) is 1. The summed E-state index contributed by atoms with van der Waals surface area (Å²) < 4.78 is 39.0. The lowest BCUT2D eigenvalue weighted by Gasteiger charge is -2.13. The minimum Gasteiger partial charge on any atom is -0.329 e. The van der Waals surface area contributed by atoms with Crippen LogP contribution in [0.4, 0.5) is 10.1 Å². The van der Waals surface area contributed by atoms with Gasteiger partial charge in [-0.3, -0.25) is 4.72 Å². The van der Waals surface area contributed by atoms with E-state index >= 15 is 0 Å². The van der Waals surface area contributed by atoms with Gasteiger partial charge < -0.3 is 5.73 Å². The van der Waals surface area contributed by atoms with Crippen LogP contribution in [0.25, 0.3) is 0 Å². The number of anilines is 1. The van der Waals surface area contributed by atoms with Gasteiger partial charge in [-0.05, 0) is 41.1 Å². The first-order valence-electron chi connectivity index (χ1n) is 4.53. The molecule has 0 aliphatic heterocycles. The second-order valence-corrected chi connectivity index (χ2v) is 6.27. The van der Waals surface area contributed by atoms with Gasteiger partial charge in [0.1, 0.15) is 5.82 Å². The molecule has 7 heteroatoms. The quantitative estimate of drug-likeness (QED) is 0.888. The molecule has 4 nitrogen and oxygen atoms in total. The minimum atomic E-state index is -3.57. The second kappa shape index (κ2) is 5.11. The van der Waals surface area contributed by atoms with Crippen molar-refractivity contribution in [3.8, 4) is 0 Å². The van der Waals surface area contributed by atoms with Crippen LogP contribution < -0.4 is 10.5 Å². The Morgan fingerprint density at radius 1 is 1.56 bits per heavy atom. The highest BCUT2D eigenvalue weighted by Crippen LogP contribution is 2.24. The zero-order valence-electron chi connectivity index (χ0n) is 8.57. The van der Waals surface area contributed by atoms with Gasteiger partial charge in [-0.15, -0.1) is 0 Å². The molecule has 0 radical (unpaired) electrons. The zero-order valence-corrected chi connectivity index (χ0v) is 11.0. The van der Waals surface area contributed by atoms with Crippen molar-refractivity contribution in [2.24, 2.45) is 5.73 Å². The van der Waals surface area contributed by atoms with E-state index in [2.05, 4.69) is 20.7 Å². The van der Waals surface area contributed by atoms with Gasteiger partial charge in [0.2, 0.25) is 10.0 Å². The third-order valence-corrected chi connectivity index (χ3v) is 4.49. The third kappa shape index (κ3) is 3.16. The summed E-state index contributed by atoms with van der Waals surface area (Å²) in [6.45, 7) is 1.48. The SMILES string of the molecule is CC(CN)S(=O)(=O)Nc1cc(F)ccc1Br. The van der Waals surface area contributed by atoms with E-state index in [9.17, 15) is 12.8 Å². The van der Waals surface area contributed by atoms with E-state index in [1.165, 1.54) is 19.1 Å². The van der Waals surface area contributed by atoms with Gasteiger partial charge in [0.05, 0.1) is 10.9 Å². The highest BCUT2D eigenvalue weighted by molar-refractivity contribution is 9.10. The van der Waals surface area contributed by atoms with Gasteiger partial charge >= 0.3 is 0 Å². The maximum Gasteiger partial charge on any atom is 0.236 e. The summed E-state index contributed by atoms with van der Waals surface area (Å²) in [6.07, 6.45) is 0. The molecule has 0 saturated carbocycles. The number of benzene rings is 1. The monoisotopic (exact) mass is 310 g/mol. The summed E-state index contributed by atoms with van der Waals surface area (Å²) >= 11 is 3.13. The standard InChI is InChI=1S/C9H12BrFN2O2S/c1-6(5-12)16(14,15)13-9-4-7(11)2-3-8(9)10/h2-4,6,13H,5,12H2,1H3. The Morgan fingerprint density at radius 2 is 2.19 bits per heavy atom. The number of nitrogens with one attached hydrogen (secondary N) is 1. The van der Waals surface area contributed by atoms with Crippen LogP contribution >= 0.6 is 15.9 Å². The van der Waals surface area contributed by atoms with Crippen molar-refractivity contribution in [3.63, 3.8) is 0 Å². The molecular formula is C9H12BrFN2O2S. The molecule has 1 aromatic rings. The summed E-state index contributed by atoms with van der Waals surface area (Å²) in [7, 11) is -3.57. The molecule has 16 heavy (non-hydrogen) atoms. The fourth-order valence-corrected chi connectivity index (χ4v) is 2.36. The largest absolute Gasteiger partial charge is 0.329 e. The molecule has 1 rings (SSSR count). The molecule has 1 atom stereocenters. The molecule has 0 spiro atoms. The maximum atomic E-state index is 12.9. The van der Waals surface area contributed by atoms with E-state index in [0.717, 1.165) is 6.07 Å². The summed E-state index contributed by atoms with van der Waals surface area (Å²) in [5.41, 5.74) is 5.44. The lowest BCUT2D eigenvalue weighted by Crippen LogP contribution is -2.31. The molecule has 90 valence electrons. The molecule has 0 bridgehead atoms. The first-order valence-corrected chi connectivity index (χ1v) is 6.87. The van der Waals surface area contributed by atoms with Gasteiger partial charge in [-0.25, -0.2) is 12.8 Å². The van der Waals surface area contributed by atoms with Gasteiger partial charge in [-0.2, -0.15) is 0 Å². The van der Waals surface area contributed by atoms with E-state index in [1.807, 2.05) is 0 Å². The van der Waals surface area contributed by atoms with Crippen molar-refractivity contribution in [2.45, 2.75) is 12.2 Å². The number of sulfonamides is 1. The first kappa shape index (κ1) is 13.4. The van der Waals surface area contributed by atoms with Crippen LogP contribution in [0, 0.1) is 5.82 Å². The topological polar surface area (TPSA) is 72.2 Å². The molecule has 0 aromatic heterocycles. The molecule has 0 fully saturated rings. The van der Waals surface area contributed by atoms with Crippen LogP contribution in [0.2, 0.25) is 0 Å². The van der Waals surface area contributed by atoms with Crippen molar-refractivity contribution >= 4 is 31.6 Å². The fourth-order valence-electron chi connectivity index (χ4n) is 0.956. The van der Waals surface area contributed by atoms with Crippen molar-refractivity contribution in [1.29, 1.82) is 0 Å². The van der Waals surface area contributed by atoms with Crippen LogP contribution in [-0.2, 0) is 10.0 Å². The first-order chi connectivity index (χ1) is 7.36. The lowest BCUT2D eigenvalue weighted by atomic mass is 10.3. The Hall–Kier alpha value is -0.660. The molecule has 1 unspecified atom stereocenters. The smallest absolute Gasteiger partial charge is 0.236 e. The van der Waals surface area contributed by atoms with Gasteiger partial charge in [0.15, 0.2) is 0 Å². The Labute approximate surface area is 102 Å². The molecule has 0 aliphatic rings. The second-order valence-electron chi connectivity index (χ2n) is 3.32. The Morgan fingerprint density at radius 3 is 2.75 bits per heavy atom. The molecular weight excluding hydrogens is 299 g/mol. The van der Waals surface area contributed by atoms with Crippen molar-refractivity contribution in [3.05, 3.63) is 28.5 Å². The average molecular weight is 311 g/mol. The number of halogens is 2. The van der Waals surface area contributed by atoms with E-state index < -0.39 is 21.1 Å². The highest BCUT2D eigenvalue weighted by atomic mass is 79.9. The molecule has 0 saturated heterocycles. The summed E-state index contributed by atoms with van der Waals surface area (Å²) in [5.74, 6) is -0.513. The summed E-state index contributed by atoms with van der Waals surface area (Å²) in [6, 6.07) is 3.76. The average Bonchev–Trinajstić information content (AvgIpc) is 2.22. The van der Waals surface area contributed by atoms with Crippen LogP contribution in [0.1, 0.15) is 6.92 Å². The minimum absolute atomic E-state index is 0.00225. The van der Waals surface area contributed by atoms with Crippen molar-refractivity contribution in [1.82, 2.24) is 0 Å². The Kier molecular flexibility index (Phi) is 4.28. The van der Waals surface area contributed by atoms with Crippen LogP contribution in [0.5, 0.6) is 0 Å². The van der Waals surface area contributed by atoms with Gasteiger partial charge in [0.25, 0.3) is 0 Å². The van der Waals surface area contributed by atoms with Crippen LogP contribution in [-0.4, -0.2) is 20.2 Å². The molecule has 0 heterocycles. The Balaban J connectivity index is 3.01. The molecule has 3 N–H and O–H groups in total. The number of hydrogen-bond acceptors (Lipinski definition) is 3. The highest BCUT2D eigenvalue weighted by Gasteiger charge is 2.20. The zero-order chi connectivity index (χ0) is 12.3. The molecule has 0 amide bonds. The van der Waals surface area contributed by atoms with E-state index in [-0.39, 0.29) is 12.2 Å². The van der Waals surface area contributed by atoms with Crippen LogP contribution in [0.15, 0.2) is 22.7 Å². The Bertz CT molecular complexity index is 478. The van der Waals surface area contributed by atoms with Crippen molar-refractivity contribution < 1.29 is 12.8 Å². The van der Waals surface area contributed by atoms with Gasteiger partial charge in [0, 0.05) is 11.0 Å². The summed E-state index contributed by atoms with van der Waals surface area (Å²) in [4.78, 5) is 0. The van der Waals surface area contributed by atoms with Crippen LogP contribution in [0.3, 0.4) is 0 Å². The molecule has 1 aromatic carbocycles. The third-order valence-electron chi connectivity index (χ3n) is 2.04. The van der Waals surface area contributed by atoms with E-state index in [4.69, 9.17) is 5.73 Å². The summed E-state index contributed by atoms with van der Waals surface area (Å²) in [5, 5.41) is -0.734. The van der Waals surface area contributed by atoms with Gasteiger partial charge in [-0.1, -0.05) is 0 Å². The number of rotatable bonds is 4. The van der Waals surface area contributed by atoms with E-state index in [0.29, 0.717) is 4.47 Å². The van der Waals surface area contributed by atoms with Crippen molar-refractivity contribution in [2.75, 3.05) is 11.3 Å². The normalized spacial score (nSPS) is 13.5. The molecule has 0 aliphatic carbocycles. The lowest BCUT2D eigenvalue weighted by molar-refractivity contribution is 0.589. The predicted molar refractivity (Wildman–Crippen MR) is 65.2 cm³/mol.